The van der Waals surface area contributed by atoms with Gasteiger partial charge in [0.2, 0.25) is 0 Å². The van der Waals surface area contributed by atoms with Crippen LogP contribution >= 0.6 is 23.2 Å². The molecule has 35 heavy (non-hydrogen) atoms. The zero-order chi connectivity index (χ0) is 25.9. The first-order valence-corrected chi connectivity index (χ1v) is 10.9. The molecule has 0 fully saturated rings. The molecule has 4 rings (SSSR count). The molecule has 0 aliphatic heterocycles. The number of ketones is 3. The van der Waals surface area contributed by atoms with Crippen LogP contribution in [-0.2, 0) is 17.4 Å². The van der Waals surface area contributed by atoms with Crippen molar-refractivity contribution >= 4 is 51.5 Å². The molecule has 180 valence electrons. The third kappa shape index (κ3) is 5.44. The van der Waals surface area contributed by atoms with E-state index in [0.29, 0.717) is 16.7 Å². The highest BCUT2D eigenvalue weighted by Gasteiger charge is 2.34. The lowest BCUT2D eigenvalue weighted by Gasteiger charge is -2.20. The van der Waals surface area contributed by atoms with Crippen molar-refractivity contribution in [2.75, 3.05) is 11.6 Å². The summed E-state index contributed by atoms with van der Waals surface area (Å²) in [5.41, 5.74) is 6.41. The molecule has 5 nitrogen and oxygen atoms in total. The summed E-state index contributed by atoms with van der Waals surface area (Å²) in [6.45, 7) is 0. The number of hydrogen-bond donors (Lipinski definition) is 1. The number of fused-ring (bicyclic) bond motifs is 2. The number of nitrogens with two attached hydrogens (primary N) is 1. The number of nitrogen functional groups attached to an aromatic ring is 1. The third-order valence-corrected chi connectivity index (χ3v) is 5.71. The van der Waals surface area contributed by atoms with Gasteiger partial charge in [0.25, 0.3) is 5.24 Å². The average molecular weight is 522 g/mol. The van der Waals surface area contributed by atoms with Crippen LogP contribution in [0.3, 0.4) is 0 Å². The Morgan fingerprint density at radius 2 is 1.40 bits per heavy atom. The summed E-state index contributed by atoms with van der Waals surface area (Å²) in [5.74, 6) is -0.829. The van der Waals surface area contributed by atoms with Crippen LogP contribution in [0.15, 0.2) is 60.7 Å². The standard InChI is InChI=1S/C17H12ClNO3.C8H4ClF3O/c18-8-10(20)7-9-5-6-13-14(15(9)19)17(22)12-4-2-1-3-11(12)16(13)21;9-7(13)5-3-1-2-4-6(5)8(10,11)12/h1-6H,7-8,19H2;1-4H. The van der Waals surface area contributed by atoms with Crippen molar-refractivity contribution in [1.29, 1.82) is 0 Å². The molecule has 0 bridgehead atoms. The Hall–Kier alpha value is -3.49. The van der Waals surface area contributed by atoms with E-state index in [0.717, 1.165) is 12.1 Å². The molecular formula is C25H16Cl2F3NO4. The zero-order valence-corrected chi connectivity index (χ0v) is 19.3. The van der Waals surface area contributed by atoms with Crippen LogP contribution < -0.4 is 5.73 Å². The van der Waals surface area contributed by atoms with Crippen LogP contribution in [-0.4, -0.2) is 28.5 Å². The first kappa shape index (κ1) is 26.1. The minimum Gasteiger partial charge on any atom is -0.398 e. The summed E-state index contributed by atoms with van der Waals surface area (Å²) in [5, 5.41) is -1.10. The number of rotatable bonds is 4. The predicted octanol–water partition coefficient (Wildman–Crippen LogP) is 5.48. The molecule has 10 heteroatoms. The molecule has 0 saturated carbocycles. The fourth-order valence-corrected chi connectivity index (χ4v) is 3.83. The highest BCUT2D eigenvalue weighted by molar-refractivity contribution is 6.67. The minimum atomic E-state index is -4.54. The normalized spacial score (nSPS) is 12.3. The van der Waals surface area contributed by atoms with Gasteiger partial charge in [-0.3, -0.25) is 19.2 Å². The molecule has 0 radical (unpaired) electrons. The topological polar surface area (TPSA) is 94.3 Å². The number of hydrogen-bond acceptors (Lipinski definition) is 5. The third-order valence-electron chi connectivity index (χ3n) is 5.20. The molecule has 1 aliphatic carbocycles. The molecule has 0 saturated heterocycles. The number of anilines is 1. The van der Waals surface area contributed by atoms with Crippen molar-refractivity contribution < 1.29 is 32.3 Å². The maximum atomic E-state index is 12.6. The van der Waals surface area contributed by atoms with Crippen LogP contribution in [0, 0.1) is 0 Å². The van der Waals surface area contributed by atoms with Crippen molar-refractivity contribution in [3.63, 3.8) is 0 Å². The maximum Gasteiger partial charge on any atom is 0.417 e. The second-order valence-corrected chi connectivity index (χ2v) is 8.04. The van der Waals surface area contributed by atoms with Gasteiger partial charge in [-0.1, -0.05) is 42.5 Å². The van der Waals surface area contributed by atoms with E-state index in [2.05, 4.69) is 0 Å². The van der Waals surface area contributed by atoms with Crippen LogP contribution in [0.25, 0.3) is 0 Å². The molecule has 0 unspecified atom stereocenters. The van der Waals surface area contributed by atoms with Gasteiger partial charge in [-0.25, -0.2) is 0 Å². The van der Waals surface area contributed by atoms with Gasteiger partial charge < -0.3 is 5.73 Å². The predicted molar refractivity (Wildman–Crippen MR) is 125 cm³/mol. The summed E-state index contributed by atoms with van der Waals surface area (Å²) in [7, 11) is 0. The van der Waals surface area contributed by atoms with Gasteiger partial charge in [0.05, 0.1) is 17.0 Å². The molecule has 0 spiro atoms. The summed E-state index contributed by atoms with van der Waals surface area (Å²) in [4.78, 5) is 47.2. The lowest BCUT2D eigenvalue weighted by atomic mass is 9.82. The lowest BCUT2D eigenvalue weighted by Crippen LogP contribution is -2.23. The van der Waals surface area contributed by atoms with E-state index in [-0.39, 0.29) is 46.5 Å². The van der Waals surface area contributed by atoms with E-state index in [1.54, 1.807) is 36.4 Å². The van der Waals surface area contributed by atoms with E-state index in [1.165, 1.54) is 12.1 Å². The van der Waals surface area contributed by atoms with Crippen LogP contribution in [0.2, 0.25) is 0 Å². The molecule has 3 aromatic carbocycles. The molecule has 0 aromatic heterocycles. The first-order valence-electron chi connectivity index (χ1n) is 10.0. The van der Waals surface area contributed by atoms with Crippen molar-refractivity contribution in [3.05, 3.63) is 99.6 Å². The van der Waals surface area contributed by atoms with E-state index >= 15 is 0 Å². The van der Waals surface area contributed by atoms with E-state index in [4.69, 9.17) is 28.9 Å². The van der Waals surface area contributed by atoms with Gasteiger partial charge in [0.15, 0.2) is 17.3 Å². The number of carbonyl (C=O) groups is 4. The Bertz CT molecular complexity index is 1350. The summed E-state index contributed by atoms with van der Waals surface area (Å²) >= 11 is 10.5. The number of halogens is 5. The van der Waals surface area contributed by atoms with E-state index < -0.39 is 22.5 Å². The molecule has 3 aromatic rings. The average Bonchev–Trinajstić information content (AvgIpc) is 2.83. The van der Waals surface area contributed by atoms with Gasteiger partial charge in [-0.15, -0.1) is 11.6 Å². The molecule has 2 N–H and O–H groups in total. The van der Waals surface area contributed by atoms with Gasteiger partial charge >= 0.3 is 6.18 Å². The SMILES string of the molecule is Nc1c(CC(=O)CCl)ccc2c1C(=O)c1ccccc1C2=O.O=C(Cl)c1ccccc1C(F)(F)F. The molecular weight excluding hydrogens is 506 g/mol. The van der Waals surface area contributed by atoms with Crippen LogP contribution in [0.1, 0.15) is 53.3 Å². The quantitative estimate of drug-likeness (QED) is 0.218. The van der Waals surface area contributed by atoms with Crippen LogP contribution in [0.4, 0.5) is 18.9 Å². The van der Waals surface area contributed by atoms with Gasteiger partial charge in [0, 0.05) is 34.4 Å². The van der Waals surface area contributed by atoms with Crippen molar-refractivity contribution in [2.24, 2.45) is 0 Å². The Labute approximate surface area is 207 Å². The molecule has 0 heterocycles. The Balaban J connectivity index is 0.000000225. The van der Waals surface area contributed by atoms with Gasteiger partial charge in [-0.2, -0.15) is 13.2 Å². The van der Waals surface area contributed by atoms with Crippen molar-refractivity contribution in [1.82, 2.24) is 0 Å². The number of Topliss-reactive ketones (excluding diaryl/α,β-unsaturated/α-hetero) is 1. The largest absolute Gasteiger partial charge is 0.417 e. The second kappa shape index (κ2) is 10.4. The van der Waals surface area contributed by atoms with E-state index in [1.807, 2.05) is 0 Å². The summed E-state index contributed by atoms with van der Waals surface area (Å²) in [6.07, 6.45) is -4.49. The maximum absolute atomic E-state index is 12.6. The Kier molecular flexibility index (Phi) is 7.77. The number of carbonyl (C=O) groups excluding carboxylic acids is 4. The highest BCUT2D eigenvalue weighted by Crippen LogP contribution is 2.33. The lowest BCUT2D eigenvalue weighted by molar-refractivity contribution is -0.137. The fourth-order valence-electron chi connectivity index (χ4n) is 3.57. The van der Waals surface area contributed by atoms with Gasteiger partial charge in [0.1, 0.15) is 0 Å². The van der Waals surface area contributed by atoms with E-state index in [9.17, 15) is 32.3 Å². The van der Waals surface area contributed by atoms with Crippen molar-refractivity contribution in [2.45, 2.75) is 12.6 Å². The molecule has 0 atom stereocenters. The fraction of sp³-hybridized carbons (Fsp3) is 0.120. The smallest absolute Gasteiger partial charge is 0.398 e. The summed E-state index contributed by atoms with van der Waals surface area (Å²) in [6, 6.07) is 14.2. The highest BCUT2D eigenvalue weighted by atomic mass is 35.5. The van der Waals surface area contributed by atoms with Crippen molar-refractivity contribution in [3.8, 4) is 0 Å². The molecule has 1 aliphatic rings. The Morgan fingerprint density at radius 3 is 1.94 bits per heavy atom. The van der Waals surface area contributed by atoms with Crippen LogP contribution in [0.5, 0.6) is 0 Å². The zero-order valence-electron chi connectivity index (χ0n) is 17.8. The first-order chi connectivity index (χ1) is 16.5. The minimum absolute atomic E-state index is 0.0474. The summed E-state index contributed by atoms with van der Waals surface area (Å²) < 4.78 is 36.6. The monoisotopic (exact) mass is 521 g/mol. The second-order valence-electron chi connectivity index (χ2n) is 7.43. The number of alkyl halides is 4. The Morgan fingerprint density at radius 1 is 0.829 bits per heavy atom. The number of benzene rings is 3. The molecule has 0 amide bonds. The van der Waals surface area contributed by atoms with Gasteiger partial charge in [-0.05, 0) is 35.4 Å².